The smallest absolute Gasteiger partial charge is 0.213 e. The monoisotopic (exact) mass is 258 g/mol. The van der Waals surface area contributed by atoms with E-state index in [-0.39, 0.29) is 0 Å². The van der Waals surface area contributed by atoms with Crippen LogP contribution in [0.5, 0.6) is 5.88 Å². The number of hydrogen-bond donors (Lipinski definition) is 1. The number of hydrogen-bond acceptors (Lipinski definition) is 4. The minimum Gasteiger partial charge on any atom is -0.481 e. The van der Waals surface area contributed by atoms with Gasteiger partial charge in [0.15, 0.2) is 0 Å². The first kappa shape index (κ1) is 12.2. The number of imidazole rings is 1. The summed E-state index contributed by atoms with van der Waals surface area (Å²) in [5.41, 5.74) is 2.43. The molecular formula is C14H18N4O. The van der Waals surface area contributed by atoms with Crippen LogP contribution < -0.4 is 10.1 Å². The van der Waals surface area contributed by atoms with E-state index in [1.165, 1.54) is 24.1 Å². The van der Waals surface area contributed by atoms with Gasteiger partial charge in [-0.05, 0) is 31.0 Å². The molecule has 0 radical (unpaired) electrons. The topological polar surface area (TPSA) is 52.0 Å². The van der Waals surface area contributed by atoms with Crippen LogP contribution in [-0.2, 0) is 6.54 Å². The Morgan fingerprint density at radius 2 is 2.47 bits per heavy atom. The molecule has 0 spiro atoms. The molecule has 0 bridgehead atoms. The highest BCUT2D eigenvalue weighted by atomic mass is 16.5. The zero-order valence-corrected chi connectivity index (χ0v) is 11.0. The van der Waals surface area contributed by atoms with E-state index in [0.29, 0.717) is 11.9 Å². The van der Waals surface area contributed by atoms with Crippen molar-refractivity contribution >= 4 is 0 Å². The molecule has 0 aliphatic carbocycles. The predicted molar refractivity (Wildman–Crippen MR) is 72.1 cm³/mol. The fourth-order valence-corrected chi connectivity index (χ4v) is 2.55. The van der Waals surface area contributed by atoms with Gasteiger partial charge < -0.3 is 14.6 Å². The van der Waals surface area contributed by atoms with E-state index in [0.717, 1.165) is 13.1 Å². The van der Waals surface area contributed by atoms with Crippen molar-refractivity contribution in [3.63, 3.8) is 0 Å². The molecule has 0 amide bonds. The first-order valence-electron chi connectivity index (χ1n) is 6.59. The van der Waals surface area contributed by atoms with Crippen LogP contribution in [0.1, 0.15) is 30.1 Å². The molecule has 1 N–H and O–H groups in total. The number of nitrogens with zero attached hydrogens (tertiary/aromatic N) is 3. The number of aromatic nitrogens is 3. The molecule has 3 rings (SSSR count). The van der Waals surface area contributed by atoms with E-state index in [1.54, 1.807) is 13.3 Å². The van der Waals surface area contributed by atoms with Gasteiger partial charge in [-0.2, -0.15) is 0 Å². The van der Waals surface area contributed by atoms with Crippen LogP contribution in [0.3, 0.4) is 0 Å². The Kier molecular flexibility index (Phi) is 3.46. The summed E-state index contributed by atoms with van der Waals surface area (Å²) in [4.78, 5) is 8.41. The largest absolute Gasteiger partial charge is 0.481 e. The molecule has 2 aromatic heterocycles. The SMILES string of the molecule is COc1cc(Cn2cncc2[C@@H]2CCCN2)ccn1. The molecule has 100 valence electrons. The van der Waals surface area contributed by atoms with Gasteiger partial charge in [0, 0.05) is 31.0 Å². The second-order valence-electron chi connectivity index (χ2n) is 4.80. The van der Waals surface area contributed by atoms with E-state index in [9.17, 15) is 0 Å². The van der Waals surface area contributed by atoms with Crippen molar-refractivity contribution in [1.82, 2.24) is 19.9 Å². The van der Waals surface area contributed by atoms with Crippen molar-refractivity contribution in [3.8, 4) is 5.88 Å². The predicted octanol–water partition coefficient (Wildman–Crippen LogP) is 1.76. The normalized spacial score (nSPS) is 18.7. The van der Waals surface area contributed by atoms with Crippen molar-refractivity contribution in [2.75, 3.05) is 13.7 Å². The first-order valence-corrected chi connectivity index (χ1v) is 6.59. The van der Waals surface area contributed by atoms with Gasteiger partial charge in [0.2, 0.25) is 5.88 Å². The molecule has 1 aliphatic heterocycles. The van der Waals surface area contributed by atoms with Crippen molar-refractivity contribution in [2.45, 2.75) is 25.4 Å². The van der Waals surface area contributed by atoms with Gasteiger partial charge in [-0.1, -0.05) is 0 Å². The van der Waals surface area contributed by atoms with Crippen LogP contribution in [-0.4, -0.2) is 28.2 Å². The molecule has 1 aliphatic rings. The summed E-state index contributed by atoms with van der Waals surface area (Å²) in [6.45, 7) is 1.89. The summed E-state index contributed by atoms with van der Waals surface area (Å²) in [7, 11) is 1.64. The van der Waals surface area contributed by atoms with E-state index >= 15 is 0 Å². The summed E-state index contributed by atoms with van der Waals surface area (Å²) in [6, 6.07) is 4.41. The van der Waals surface area contributed by atoms with Gasteiger partial charge in [0.05, 0.1) is 19.1 Å². The molecule has 0 aromatic carbocycles. The number of methoxy groups -OCH3 is 1. The van der Waals surface area contributed by atoms with Crippen molar-refractivity contribution in [3.05, 3.63) is 42.1 Å². The Balaban J connectivity index is 1.81. The standard InChI is InChI=1S/C14H18N4O/c1-19-14-7-11(4-6-17-14)9-18-10-15-8-13(18)12-3-2-5-16-12/h4,6-8,10,12,16H,2-3,5,9H2,1H3/t12-/m0/s1. The second kappa shape index (κ2) is 5.40. The van der Waals surface area contributed by atoms with Crippen molar-refractivity contribution in [2.24, 2.45) is 0 Å². The highest BCUT2D eigenvalue weighted by Gasteiger charge is 2.19. The van der Waals surface area contributed by atoms with E-state index in [2.05, 4.69) is 19.9 Å². The number of ether oxygens (including phenoxy) is 1. The molecule has 19 heavy (non-hydrogen) atoms. The van der Waals surface area contributed by atoms with Crippen molar-refractivity contribution in [1.29, 1.82) is 0 Å². The van der Waals surface area contributed by atoms with Gasteiger partial charge in [0.25, 0.3) is 0 Å². The number of nitrogens with one attached hydrogen (secondary N) is 1. The highest BCUT2D eigenvalue weighted by Crippen LogP contribution is 2.23. The molecule has 1 saturated heterocycles. The van der Waals surface area contributed by atoms with Crippen LogP contribution in [0.25, 0.3) is 0 Å². The first-order chi connectivity index (χ1) is 9.36. The van der Waals surface area contributed by atoms with Crippen LogP contribution in [0, 0.1) is 0 Å². The fraction of sp³-hybridized carbons (Fsp3) is 0.429. The average Bonchev–Trinajstić information content (AvgIpc) is 3.09. The summed E-state index contributed by atoms with van der Waals surface area (Å²) in [5, 5.41) is 3.51. The van der Waals surface area contributed by atoms with E-state index in [4.69, 9.17) is 4.74 Å². The van der Waals surface area contributed by atoms with Crippen LogP contribution in [0.15, 0.2) is 30.9 Å². The quantitative estimate of drug-likeness (QED) is 0.908. The number of rotatable bonds is 4. The summed E-state index contributed by atoms with van der Waals surface area (Å²) in [5.74, 6) is 0.651. The zero-order valence-electron chi connectivity index (χ0n) is 11.0. The molecular weight excluding hydrogens is 240 g/mol. The molecule has 0 saturated carbocycles. The van der Waals surface area contributed by atoms with Gasteiger partial charge in [-0.25, -0.2) is 9.97 Å². The molecule has 0 unspecified atom stereocenters. The maximum absolute atomic E-state index is 5.16. The Hall–Kier alpha value is -1.88. The molecule has 1 atom stereocenters. The zero-order chi connectivity index (χ0) is 13.1. The average molecular weight is 258 g/mol. The molecule has 3 heterocycles. The summed E-state index contributed by atoms with van der Waals surface area (Å²) < 4.78 is 7.35. The fourth-order valence-electron chi connectivity index (χ4n) is 2.55. The number of pyridine rings is 1. The van der Waals surface area contributed by atoms with Crippen LogP contribution >= 0.6 is 0 Å². The molecule has 5 nitrogen and oxygen atoms in total. The van der Waals surface area contributed by atoms with Gasteiger partial charge >= 0.3 is 0 Å². The van der Waals surface area contributed by atoms with Gasteiger partial charge in [-0.3, -0.25) is 0 Å². The minimum absolute atomic E-state index is 0.436. The van der Waals surface area contributed by atoms with Crippen LogP contribution in [0.2, 0.25) is 0 Å². The molecule has 2 aromatic rings. The van der Waals surface area contributed by atoms with Gasteiger partial charge in [0.1, 0.15) is 0 Å². The Morgan fingerprint density at radius 3 is 3.26 bits per heavy atom. The Bertz CT molecular complexity index is 546. The molecule has 5 heteroatoms. The van der Waals surface area contributed by atoms with Crippen molar-refractivity contribution < 1.29 is 4.74 Å². The van der Waals surface area contributed by atoms with E-state index in [1.807, 2.05) is 24.7 Å². The third-order valence-electron chi connectivity index (χ3n) is 3.52. The van der Waals surface area contributed by atoms with Gasteiger partial charge in [-0.15, -0.1) is 0 Å². The third kappa shape index (κ3) is 2.61. The maximum atomic E-state index is 5.16. The highest BCUT2D eigenvalue weighted by molar-refractivity contribution is 5.21. The Morgan fingerprint density at radius 1 is 1.53 bits per heavy atom. The minimum atomic E-state index is 0.436. The lowest BCUT2D eigenvalue weighted by Crippen LogP contribution is -2.17. The van der Waals surface area contributed by atoms with E-state index < -0.39 is 0 Å². The second-order valence-corrected chi connectivity index (χ2v) is 4.80. The van der Waals surface area contributed by atoms with Crippen LogP contribution in [0.4, 0.5) is 0 Å². The summed E-state index contributed by atoms with van der Waals surface area (Å²) >= 11 is 0. The third-order valence-corrected chi connectivity index (χ3v) is 3.52. The Labute approximate surface area is 112 Å². The maximum Gasteiger partial charge on any atom is 0.213 e. The molecule has 1 fully saturated rings. The lowest BCUT2D eigenvalue weighted by molar-refractivity contribution is 0.397. The lowest BCUT2D eigenvalue weighted by atomic mass is 10.1. The summed E-state index contributed by atoms with van der Waals surface area (Å²) in [6.07, 6.45) is 8.05. The lowest BCUT2D eigenvalue weighted by Gasteiger charge is -2.14.